The number of rotatable bonds is 4. The zero-order valence-electron chi connectivity index (χ0n) is 9.60. The topological polar surface area (TPSA) is 37.8 Å². The summed E-state index contributed by atoms with van der Waals surface area (Å²) in [5, 5.41) is 11.4. The lowest BCUT2D eigenvalue weighted by Crippen LogP contribution is -2.11. The molecule has 2 rings (SSSR count). The first-order valence-corrected chi connectivity index (χ1v) is 5.91. The van der Waals surface area contributed by atoms with E-state index < -0.39 is 0 Å². The van der Waals surface area contributed by atoms with Crippen molar-refractivity contribution in [3.63, 3.8) is 0 Å². The molecule has 4 heteroatoms. The molecule has 3 nitrogen and oxygen atoms in total. The molecule has 1 heterocycles. The maximum Gasteiger partial charge on any atom is 0.151 e. The number of anilines is 1. The second-order valence-corrected chi connectivity index (χ2v) is 4.32. The first-order chi connectivity index (χ1) is 8.25. The van der Waals surface area contributed by atoms with Crippen molar-refractivity contribution < 1.29 is 0 Å². The number of nitrogens with zero attached hydrogens (tertiary/aromatic N) is 2. The minimum atomic E-state index is 0.409. The van der Waals surface area contributed by atoms with E-state index in [2.05, 4.69) is 34.6 Å². The number of hydrogen-bond donors (Lipinski definition) is 1. The van der Waals surface area contributed by atoms with Crippen LogP contribution >= 0.6 is 11.6 Å². The van der Waals surface area contributed by atoms with E-state index in [1.54, 1.807) is 6.07 Å². The molecular weight excluding hydrogens is 234 g/mol. The lowest BCUT2D eigenvalue weighted by Gasteiger charge is -2.12. The Balaban J connectivity index is 1.92. The van der Waals surface area contributed by atoms with Gasteiger partial charge in [0.15, 0.2) is 5.15 Å². The van der Waals surface area contributed by atoms with Gasteiger partial charge in [0.1, 0.15) is 5.82 Å². The second kappa shape index (κ2) is 5.64. The van der Waals surface area contributed by atoms with E-state index >= 15 is 0 Å². The molecule has 1 N–H and O–H groups in total. The zero-order valence-corrected chi connectivity index (χ0v) is 10.4. The van der Waals surface area contributed by atoms with Gasteiger partial charge in [0.05, 0.1) is 0 Å². The van der Waals surface area contributed by atoms with E-state index in [0.29, 0.717) is 11.1 Å². The molecule has 0 amide bonds. The normalized spacial score (nSPS) is 12.1. The molecule has 1 aromatic carbocycles. The van der Waals surface area contributed by atoms with E-state index in [1.807, 2.05) is 24.3 Å². The molecule has 1 unspecified atom stereocenters. The Labute approximate surface area is 106 Å². The van der Waals surface area contributed by atoms with Gasteiger partial charge in [0.25, 0.3) is 0 Å². The largest absolute Gasteiger partial charge is 0.368 e. The Morgan fingerprint density at radius 2 is 1.88 bits per heavy atom. The second-order valence-electron chi connectivity index (χ2n) is 3.93. The molecule has 0 aliphatic heterocycles. The highest BCUT2D eigenvalue weighted by molar-refractivity contribution is 6.29. The van der Waals surface area contributed by atoms with Crippen LogP contribution < -0.4 is 5.32 Å². The van der Waals surface area contributed by atoms with Crippen LogP contribution in [0.4, 0.5) is 5.82 Å². The van der Waals surface area contributed by atoms with Crippen molar-refractivity contribution in [1.29, 1.82) is 0 Å². The highest BCUT2D eigenvalue weighted by atomic mass is 35.5. The van der Waals surface area contributed by atoms with Crippen LogP contribution in [0.5, 0.6) is 0 Å². The minimum absolute atomic E-state index is 0.409. The summed E-state index contributed by atoms with van der Waals surface area (Å²) in [7, 11) is 0. The van der Waals surface area contributed by atoms with E-state index in [-0.39, 0.29) is 0 Å². The van der Waals surface area contributed by atoms with Crippen LogP contribution in [0.25, 0.3) is 0 Å². The highest BCUT2D eigenvalue weighted by Crippen LogP contribution is 2.15. The fraction of sp³-hybridized carbons (Fsp3) is 0.231. The van der Waals surface area contributed by atoms with Crippen molar-refractivity contribution in [2.24, 2.45) is 0 Å². The van der Waals surface area contributed by atoms with E-state index in [0.717, 1.165) is 12.4 Å². The molecule has 2 aromatic rings. The van der Waals surface area contributed by atoms with Gasteiger partial charge in [-0.05, 0) is 23.6 Å². The molecule has 0 fully saturated rings. The Morgan fingerprint density at radius 3 is 2.53 bits per heavy atom. The van der Waals surface area contributed by atoms with Crippen LogP contribution in [0.1, 0.15) is 18.4 Å². The molecule has 1 atom stereocenters. The van der Waals surface area contributed by atoms with Crippen LogP contribution in [0.2, 0.25) is 5.15 Å². The number of aromatic nitrogens is 2. The lowest BCUT2D eigenvalue weighted by molar-refractivity contribution is 0.798. The van der Waals surface area contributed by atoms with Gasteiger partial charge < -0.3 is 5.32 Å². The number of benzene rings is 1. The quantitative estimate of drug-likeness (QED) is 0.901. The van der Waals surface area contributed by atoms with Crippen LogP contribution in [-0.2, 0) is 0 Å². The smallest absolute Gasteiger partial charge is 0.151 e. The molecule has 0 aliphatic rings. The SMILES string of the molecule is CC(CNc1ccc(Cl)nn1)c1ccccc1. The van der Waals surface area contributed by atoms with Gasteiger partial charge in [0.2, 0.25) is 0 Å². The predicted octanol–water partition coefficient (Wildman–Crippen LogP) is 3.35. The van der Waals surface area contributed by atoms with Gasteiger partial charge in [-0.15, -0.1) is 10.2 Å². The van der Waals surface area contributed by atoms with Crippen molar-refractivity contribution in [2.45, 2.75) is 12.8 Å². The summed E-state index contributed by atoms with van der Waals surface area (Å²) in [6.07, 6.45) is 0. The Bertz CT molecular complexity index is 456. The monoisotopic (exact) mass is 247 g/mol. The molecule has 0 spiro atoms. The van der Waals surface area contributed by atoms with Crippen LogP contribution in [-0.4, -0.2) is 16.7 Å². The van der Waals surface area contributed by atoms with Gasteiger partial charge in [0, 0.05) is 6.54 Å². The van der Waals surface area contributed by atoms with Crippen molar-refractivity contribution in [2.75, 3.05) is 11.9 Å². The third-order valence-electron chi connectivity index (χ3n) is 2.59. The third kappa shape index (κ3) is 3.43. The van der Waals surface area contributed by atoms with Crippen molar-refractivity contribution >= 4 is 17.4 Å². The minimum Gasteiger partial charge on any atom is -0.368 e. The Morgan fingerprint density at radius 1 is 1.12 bits per heavy atom. The summed E-state index contributed by atoms with van der Waals surface area (Å²) in [4.78, 5) is 0. The summed E-state index contributed by atoms with van der Waals surface area (Å²) in [6, 6.07) is 13.9. The standard InChI is InChI=1S/C13H14ClN3/c1-10(11-5-3-2-4-6-11)9-15-13-8-7-12(14)16-17-13/h2-8,10H,9H2,1H3,(H,15,17). The average molecular weight is 248 g/mol. The fourth-order valence-corrected chi connectivity index (χ4v) is 1.67. The first-order valence-electron chi connectivity index (χ1n) is 5.54. The molecule has 17 heavy (non-hydrogen) atoms. The van der Waals surface area contributed by atoms with Gasteiger partial charge in [-0.3, -0.25) is 0 Å². The summed E-state index contributed by atoms with van der Waals surface area (Å²) in [6.45, 7) is 2.99. The van der Waals surface area contributed by atoms with Gasteiger partial charge in [-0.25, -0.2) is 0 Å². The fourth-order valence-electron chi connectivity index (χ4n) is 1.57. The summed E-state index contributed by atoms with van der Waals surface area (Å²) < 4.78 is 0. The van der Waals surface area contributed by atoms with Crippen molar-refractivity contribution in [3.8, 4) is 0 Å². The Kier molecular flexibility index (Phi) is 3.94. The van der Waals surface area contributed by atoms with Gasteiger partial charge >= 0.3 is 0 Å². The molecule has 0 aliphatic carbocycles. The van der Waals surface area contributed by atoms with Crippen LogP contribution in [0.15, 0.2) is 42.5 Å². The summed E-state index contributed by atoms with van der Waals surface area (Å²) in [5.41, 5.74) is 1.31. The molecular formula is C13H14ClN3. The van der Waals surface area contributed by atoms with E-state index in [1.165, 1.54) is 5.56 Å². The van der Waals surface area contributed by atoms with Crippen molar-refractivity contribution in [1.82, 2.24) is 10.2 Å². The van der Waals surface area contributed by atoms with Crippen LogP contribution in [0, 0.1) is 0 Å². The summed E-state index contributed by atoms with van der Waals surface area (Å²) in [5.74, 6) is 1.17. The van der Waals surface area contributed by atoms with Gasteiger partial charge in [-0.1, -0.05) is 48.9 Å². The lowest BCUT2D eigenvalue weighted by atomic mass is 10.0. The maximum absolute atomic E-state index is 5.67. The van der Waals surface area contributed by atoms with Gasteiger partial charge in [-0.2, -0.15) is 0 Å². The molecule has 0 saturated carbocycles. The highest BCUT2D eigenvalue weighted by Gasteiger charge is 2.04. The molecule has 88 valence electrons. The molecule has 1 aromatic heterocycles. The average Bonchev–Trinajstić information content (AvgIpc) is 2.39. The predicted molar refractivity (Wildman–Crippen MR) is 70.4 cm³/mol. The molecule has 0 radical (unpaired) electrons. The number of nitrogens with one attached hydrogen (secondary N) is 1. The Hall–Kier alpha value is -1.61. The first kappa shape index (κ1) is 11.9. The van der Waals surface area contributed by atoms with E-state index in [4.69, 9.17) is 11.6 Å². The van der Waals surface area contributed by atoms with E-state index in [9.17, 15) is 0 Å². The maximum atomic E-state index is 5.67. The number of hydrogen-bond acceptors (Lipinski definition) is 3. The zero-order chi connectivity index (χ0) is 12.1. The van der Waals surface area contributed by atoms with Crippen LogP contribution in [0.3, 0.4) is 0 Å². The molecule has 0 saturated heterocycles. The third-order valence-corrected chi connectivity index (χ3v) is 2.79. The number of halogens is 1. The summed E-state index contributed by atoms with van der Waals surface area (Å²) >= 11 is 5.67. The molecule has 0 bridgehead atoms. The van der Waals surface area contributed by atoms with Crippen molar-refractivity contribution in [3.05, 3.63) is 53.2 Å².